The summed E-state index contributed by atoms with van der Waals surface area (Å²) in [7, 11) is 0. The van der Waals surface area contributed by atoms with Gasteiger partial charge in [-0.1, -0.05) is 6.07 Å². The molecule has 0 radical (unpaired) electrons. The highest BCUT2D eigenvalue weighted by molar-refractivity contribution is 7.09. The fourth-order valence-corrected chi connectivity index (χ4v) is 2.64. The molecule has 102 valence electrons. The van der Waals surface area contributed by atoms with Crippen molar-refractivity contribution in [3.63, 3.8) is 0 Å². The molecule has 0 aliphatic heterocycles. The molecular formula is C13H21ClN2OS. The summed E-state index contributed by atoms with van der Waals surface area (Å²) in [5, 5.41) is 5.00. The van der Waals surface area contributed by atoms with Gasteiger partial charge in [-0.05, 0) is 43.0 Å². The van der Waals surface area contributed by atoms with E-state index in [1.165, 1.54) is 17.7 Å². The van der Waals surface area contributed by atoms with Crippen molar-refractivity contribution in [3.05, 3.63) is 22.4 Å². The van der Waals surface area contributed by atoms with Gasteiger partial charge in [0.2, 0.25) is 5.91 Å². The Hall–Kier alpha value is -0.580. The maximum absolute atomic E-state index is 11.6. The van der Waals surface area contributed by atoms with E-state index >= 15 is 0 Å². The molecule has 1 aromatic rings. The molecule has 1 saturated carbocycles. The molecule has 0 saturated heterocycles. The number of halogens is 1. The van der Waals surface area contributed by atoms with Crippen molar-refractivity contribution in [3.8, 4) is 0 Å². The Kier molecular flexibility index (Phi) is 6.68. The molecule has 1 unspecified atom stereocenters. The first-order valence-electron chi connectivity index (χ1n) is 6.30. The van der Waals surface area contributed by atoms with E-state index in [1.54, 1.807) is 11.3 Å². The number of carbonyl (C=O) groups excluding carboxylic acids is 1. The lowest BCUT2D eigenvalue weighted by Crippen LogP contribution is -2.38. The van der Waals surface area contributed by atoms with Crippen molar-refractivity contribution in [2.75, 3.05) is 6.54 Å². The first-order chi connectivity index (χ1) is 8.25. The molecule has 1 heterocycles. The van der Waals surface area contributed by atoms with Crippen molar-refractivity contribution < 1.29 is 4.79 Å². The number of nitrogens with two attached hydrogens (primary N) is 1. The average Bonchev–Trinajstić information content (AvgIpc) is 3.05. The van der Waals surface area contributed by atoms with Crippen LogP contribution in [0.4, 0.5) is 0 Å². The Labute approximate surface area is 119 Å². The first-order valence-corrected chi connectivity index (χ1v) is 7.18. The minimum atomic E-state index is 0. The number of hydrogen-bond acceptors (Lipinski definition) is 3. The first kappa shape index (κ1) is 15.5. The predicted octanol–water partition coefficient (Wildman–Crippen LogP) is 2.35. The Morgan fingerprint density at radius 3 is 2.94 bits per heavy atom. The smallest absolute Gasteiger partial charge is 0.220 e. The van der Waals surface area contributed by atoms with Crippen LogP contribution in [0.1, 0.15) is 30.6 Å². The molecule has 0 spiro atoms. The second-order valence-corrected chi connectivity index (χ2v) is 5.77. The number of carbonyl (C=O) groups is 1. The summed E-state index contributed by atoms with van der Waals surface area (Å²) >= 11 is 1.75. The number of hydrogen-bond donors (Lipinski definition) is 2. The van der Waals surface area contributed by atoms with Crippen LogP contribution in [0.5, 0.6) is 0 Å². The van der Waals surface area contributed by atoms with Crippen molar-refractivity contribution >= 4 is 29.7 Å². The minimum absolute atomic E-state index is 0. The summed E-state index contributed by atoms with van der Waals surface area (Å²) in [5.41, 5.74) is 5.92. The summed E-state index contributed by atoms with van der Waals surface area (Å²) < 4.78 is 0. The van der Waals surface area contributed by atoms with Crippen LogP contribution in [0.15, 0.2) is 17.5 Å². The Balaban J connectivity index is 0.00000162. The van der Waals surface area contributed by atoms with Crippen LogP contribution in [0, 0.1) is 5.92 Å². The molecule has 3 nitrogen and oxygen atoms in total. The lowest BCUT2D eigenvalue weighted by atomic mass is 10.2. The number of rotatable bonds is 7. The van der Waals surface area contributed by atoms with Gasteiger partial charge in [-0.3, -0.25) is 4.79 Å². The standard InChI is InChI=1S/C13H20N2OS.ClH/c14-12(10-6-7-10)9-15-13(16)5-1-3-11-4-2-8-17-11;/h2,4,8,10,12H,1,3,5-7,9,14H2,(H,15,16);1H. The van der Waals surface area contributed by atoms with Crippen LogP contribution < -0.4 is 11.1 Å². The van der Waals surface area contributed by atoms with Gasteiger partial charge in [0.1, 0.15) is 0 Å². The lowest BCUT2D eigenvalue weighted by Gasteiger charge is -2.11. The van der Waals surface area contributed by atoms with E-state index in [9.17, 15) is 4.79 Å². The van der Waals surface area contributed by atoms with Gasteiger partial charge in [0.25, 0.3) is 0 Å². The minimum Gasteiger partial charge on any atom is -0.355 e. The van der Waals surface area contributed by atoms with Gasteiger partial charge >= 0.3 is 0 Å². The molecule has 18 heavy (non-hydrogen) atoms. The zero-order valence-electron chi connectivity index (χ0n) is 10.4. The van der Waals surface area contributed by atoms with E-state index in [4.69, 9.17) is 5.73 Å². The van der Waals surface area contributed by atoms with Crippen LogP contribution in [0.25, 0.3) is 0 Å². The van der Waals surface area contributed by atoms with Crippen molar-refractivity contribution in [1.82, 2.24) is 5.32 Å². The highest BCUT2D eigenvalue weighted by Crippen LogP contribution is 2.31. The van der Waals surface area contributed by atoms with E-state index in [0.29, 0.717) is 18.9 Å². The van der Waals surface area contributed by atoms with Crippen LogP contribution in [0.3, 0.4) is 0 Å². The summed E-state index contributed by atoms with van der Waals surface area (Å²) in [6.07, 6.45) is 4.99. The van der Waals surface area contributed by atoms with Crippen molar-refractivity contribution in [2.24, 2.45) is 11.7 Å². The fourth-order valence-electron chi connectivity index (χ4n) is 1.89. The van der Waals surface area contributed by atoms with Crippen LogP contribution >= 0.6 is 23.7 Å². The second-order valence-electron chi connectivity index (χ2n) is 4.74. The van der Waals surface area contributed by atoms with Gasteiger partial charge in [-0.15, -0.1) is 23.7 Å². The molecule has 1 aromatic heterocycles. The number of amides is 1. The van der Waals surface area contributed by atoms with E-state index < -0.39 is 0 Å². The highest BCUT2D eigenvalue weighted by atomic mass is 35.5. The van der Waals surface area contributed by atoms with Gasteiger partial charge in [0.05, 0.1) is 0 Å². The van der Waals surface area contributed by atoms with Gasteiger partial charge in [0, 0.05) is 23.9 Å². The quantitative estimate of drug-likeness (QED) is 0.809. The van der Waals surface area contributed by atoms with E-state index in [1.807, 2.05) is 0 Å². The Morgan fingerprint density at radius 1 is 1.56 bits per heavy atom. The maximum Gasteiger partial charge on any atom is 0.220 e. The Morgan fingerprint density at radius 2 is 2.33 bits per heavy atom. The van der Waals surface area contributed by atoms with Crippen LogP contribution in [0.2, 0.25) is 0 Å². The molecule has 1 amide bonds. The molecule has 0 aromatic carbocycles. The summed E-state index contributed by atoms with van der Waals surface area (Å²) in [6, 6.07) is 4.33. The van der Waals surface area contributed by atoms with Crippen LogP contribution in [-0.4, -0.2) is 18.5 Å². The largest absolute Gasteiger partial charge is 0.355 e. The predicted molar refractivity (Wildman–Crippen MR) is 78.2 cm³/mol. The zero-order chi connectivity index (χ0) is 12.1. The summed E-state index contributed by atoms with van der Waals surface area (Å²) in [6.45, 7) is 0.641. The van der Waals surface area contributed by atoms with Gasteiger partial charge in [-0.25, -0.2) is 0 Å². The maximum atomic E-state index is 11.6. The summed E-state index contributed by atoms with van der Waals surface area (Å²) in [4.78, 5) is 12.9. The SMILES string of the molecule is Cl.NC(CNC(=O)CCCc1cccs1)C1CC1. The third kappa shape index (κ3) is 5.38. The van der Waals surface area contributed by atoms with Gasteiger partial charge in [0.15, 0.2) is 0 Å². The average molecular weight is 289 g/mol. The van der Waals surface area contributed by atoms with Crippen LogP contribution in [-0.2, 0) is 11.2 Å². The summed E-state index contributed by atoms with van der Waals surface area (Å²) in [5.74, 6) is 0.791. The third-order valence-electron chi connectivity index (χ3n) is 3.17. The molecule has 1 aliphatic rings. The van der Waals surface area contributed by atoms with E-state index in [0.717, 1.165) is 12.8 Å². The van der Waals surface area contributed by atoms with E-state index in [-0.39, 0.29) is 24.4 Å². The molecule has 1 fully saturated rings. The zero-order valence-corrected chi connectivity index (χ0v) is 12.1. The number of nitrogens with one attached hydrogen (secondary N) is 1. The van der Waals surface area contributed by atoms with Gasteiger partial charge < -0.3 is 11.1 Å². The topological polar surface area (TPSA) is 55.1 Å². The Bertz CT molecular complexity index is 352. The molecule has 0 bridgehead atoms. The monoisotopic (exact) mass is 288 g/mol. The second kappa shape index (κ2) is 7.77. The van der Waals surface area contributed by atoms with Crippen molar-refractivity contribution in [2.45, 2.75) is 38.1 Å². The molecule has 3 N–H and O–H groups in total. The molecular weight excluding hydrogens is 268 g/mol. The molecule has 2 rings (SSSR count). The highest BCUT2D eigenvalue weighted by Gasteiger charge is 2.28. The lowest BCUT2D eigenvalue weighted by molar-refractivity contribution is -0.121. The molecule has 5 heteroatoms. The molecule has 1 aliphatic carbocycles. The van der Waals surface area contributed by atoms with Crippen molar-refractivity contribution in [1.29, 1.82) is 0 Å². The fraction of sp³-hybridized carbons (Fsp3) is 0.615. The normalized spacial score (nSPS) is 15.8. The third-order valence-corrected chi connectivity index (χ3v) is 4.11. The number of thiophene rings is 1. The molecule has 1 atom stereocenters. The van der Waals surface area contributed by atoms with Gasteiger partial charge in [-0.2, -0.15) is 0 Å². The number of aryl methyl sites for hydroxylation is 1. The van der Waals surface area contributed by atoms with E-state index in [2.05, 4.69) is 22.8 Å².